The van der Waals surface area contributed by atoms with Gasteiger partial charge in [0, 0.05) is 19.1 Å². The number of rotatable bonds is 3. The fraction of sp³-hybridized carbons (Fsp3) is 0.769. The van der Waals surface area contributed by atoms with E-state index in [0.29, 0.717) is 26.1 Å². The van der Waals surface area contributed by atoms with Crippen LogP contribution in [-0.4, -0.2) is 36.4 Å². The highest BCUT2D eigenvalue weighted by Gasteiger charge is 2.35. The SMILES string of the molecule is O=C(NC1(CO)CCOCC1)C1CC=CCC1. The van der Waals surface area contributed by atoms with Crippen molar-refractivity contribution >= 4 is 5.91 Å². The Labute approximate surface area is 102 Å². The smallest absolute Gasteiger partial charge is 0.223 e. The first-order valence-corrected chi connectivity index (χ1v) is 6.41. The van der Waals surface area contributed by atoms with Gasteiger partial charge in [0.05, 0.1) is 12.1 Å². The number of carbonyl (C=O) groups is 1. The van der Waals surface area contributed by atoms with Crippen LogP contribution in [0.4, 0.5) is 0 Å². The molecule has 2 aliphatic rings. The summed E-state index contributed by atoms with van der Waals surface area (Å²) in [4.78, 5) is 12.1. The second-order valence-corrected chi connectivity index (χ2v) is 5.02. The van der Waals surface area contributed by atoms with Crippen LogP contribution in [0.25, 0.3) is 0 Å². The van der Waals surface area contributed by atoms with E-state index >= 15 is 0 Å². The Morgan fingerprint density at radius 2 is 2.18 bits per heavy atom. The van der Waals surface area contributed by atoms with E-state index < -0.39 is 5.54 Å². The Bertz CT molecular complexity index is 295. The lowest BCUT2D eigenvalue weighted by Crippen LogP contribution is -2.56. The Morgan fingerprint density at radius 3 is 2.76 bits per heavy atom. The van der Waals surface area contributed by atoms with Crippen LogP contribution in [0.5, 0.6) is 0 Å². The molecule has 0 aromatic rings. The highest BCUT2D eigenvalue weighted by molar-refractivity contribution is 5.79. The number of hydrogen-bond donors (Lipinski definition) is 2. The molecule has 1 atom stereocenters. The van der Waals surface area contributed by atoms with E-state index in [0.717, 1.165) is 19.3 Å². The standard InChI is InChI=1S/C13H21NO3/c15-10-13(6-8-17-9-7-13)14-12(16)11-4-2-1-3-5-11/h1-2,11,15H,3-10H2,(H,14,16). The topological polar surface area (TPSA) is 58.6 Å². The van der Waals surface area contributed by atoms with Crippen molar-refractivity contribution in [1.29, 1.82) is 0 Å². The van der Waals surface area contributed by atoms with Crippen LogP contribution in [-0.2, 0) is 9.53 Å². The third-order valence-electron chi connectivity index (χ3n) is 3.78. The van der Waals surface area contributed by atoms with Gasteiger partial charge >= 0.3 is 0 Å². The molecule has 96 valence electrons. The number of aliphatic hydroxyl groups excluding tert-OH is 1. The third kappa shape index (κ3) is 3.07. The van der Waals surface area contributed by atoms with Gasteiger partial charge in [-0.1, -0.05) is 12.2 Å². The van der Waals surface area contributed by atoms with Crippen LogP contribution in [0.2, 0.25) is 0 Å². The molecule has 1 fully saturated rings. The van der Waals surface area contributed by atoms with Gasteiger partial charge < -0.3 is 15.2 Å². The van der Waals surface area contributed by atoms with Crippen LogP contribution in [0.15, 0.2) is 12.2 Å². The highest BCUT2D eigenvalue weighted by Crippen LogP contribution is 2.23. The second kappa shape index (κ2) is 5.65. The van der Waals surface area contributed by atoms with E-state index in [9.17, 15) is 9.90 Å². The normalized spacial score (nSPS) is 27.7. The molecule has 0 radical (unpaired) electrons. The van der Waals surface area contributed by atoms with E-state index in [-0.39, 0.29) is 18.4 Å². The van der Waals surface area contributed by atoms with E-state index in [4.69, 9.17) is 4.74 Å². The summed E-state index contributed by atoms with van der Waals surface area (Å²) < 4.78 is 5.28. The fourth-order valence-electron chi connectivity index (χ4n) is 2.48. The summed E-state index contributed by atoms with van der Waals surface area (Å²) >= 11 is 0. The van der Waals surface area contributed by atoms with Crippen molar-refractivity contribution < 1.29 is 14.6 Å². The van der Waals surface area contributed by atoms with Gasteiger partial charge in [0.2, 0.25) is 5.91 Å². The molecule has 1 aliphatic carbocycles. The van der Waals surface area contributed by atoms with Gasteiger partial charge in [-0.3, -0.25) is 4.79 Å². The number of hydrogen-bond acceptors (Lipinski definition) is 3. The predicted octanol–water partition coefficient (Wildman–Crippen LogP) is 1.00. The van der Waals surface area contributed by atoms with Gasteiger partial charge in [-0.2, -0.15) is 0 Å². The van der Waals surface area contributed by atoms with Gasteiger partial charge in [-0.15, -0.1) is 0 Å². The Balaban J connectivity index is 1.93. The number of nitrogens with one attached hydrogen (secondary N) is 1. The molecular formula is C13H21NO3. The molecule has 1 unspecified atom stereocenters. The number of amides is 1. The van der Waals surface area contributed by atoms with Crippen molar-refractivity contribution in [2.75, 3.05) is 19.8 Å². The molecule has 4 heteroatoms. The van der Waals surface area contributed by atoms with Crippen molar-refractivity contribution in [3.63, 3.8) is 0 Å². The van der Waals surface area contributed by atoms with E-state index in [1.54, 1.807) is 0 Å². The molecule has 2 rings (SSSR count). The maximum Gasteiger partial charge on any atom is 0.223 e. The summed E-state index contributed by atoms with van der Waals surface area (Å²) in [6, 6.07) is 0. The van der Waals surface area contributed by atoms with Crippen molar-refractivity contribution in [3.8, 4) is 0 Å². The van der Waals surface area contributed by atoms with Crippen LogP contribution in [0.3, 0.4) is 0 Å². The second-order valence-electron chi connectivity index (χ2n) is 5.02. The Morgan fingerprint density at radius 1 is 1.41 bits per heavy atom. The van der Waals surface area contributed by atoms with Crippen LogP contribution >= 0.6 is 0 Å². The summed E-state index contributed by atoms with van der Waals surface area (Å²) in [5, 5.41) is 12.6. The van der Waals surface area contributed by atoms with Crippen molar-refractivity contribution in [1.82, 2.24) is 5.32 Å². The minimum atomic E-state index is -0.448. The van der Waals surface area contributed by atoms with E-state index in [1.165, 1.54) is 0 Å². The van der Waals surface area contributed by atoms with Gasteiger partial charge in [-0.25, -0.2) is 0 Å². The quantitative estimate of drug-likeness (QED) is 0.722. The lowest BCUT2D eigenvalue weighted by Gasteiger charge is -2.37. The molecule has 1 saturated heterocycles. The van der Waals surface area contributed by atoms with Crippen molar-refractivity contribution in [3.05, 3.63) is 12.2 Å². The average Bonchev–Trinajstić information content (AvgIpc) is 2.41. The molecule has 1 aliphatic heterocycles. The molecule has 1 amide bonds. The third-order valence-corrected chi connectivity index (χ3v) is 3.78. The molecule has 1 heterocycles. The van der Waals surface area contributed by atoms with Gasteiger partial charge in [-0.05, 0) is 32.1 Å². The minimum absolute atomic E-state index is 0.00462. The summed E-state index contributed by atoms with van der Waals surface area (Å²) in [5.41, 5.74) is -0.448. The minimum Gasteiger partial charge on any atom is -0.394 e. The summed E-state index contributed by atoms with van der Waals surface area (Å²) in [6.45, 7) is 1.24. The largest absolute Gasteiger partial charge is 0.394 e. The van der Waals surface area contributed by atoms with Crippen LogP contribution < -0.4 is 5.32 Å². The number of carbonyl (C=O) groups excluding carboxylic acids is 1. The number of aliphatic hydroxyl groups is 1. The molecule has 0 saturated carbocycles. The van der Waals surface area contributed by atoms with E-state index in [2.05, 4.69) is 17.5 Å². The molecule has 0 aromatic carbocycles. The number of ether oxygens (including phenoxy) is 1. The molecule has 0 aromatic heterocycles. The first-order valence-electron chi connectivity index (χ1n) is 6.41. The molecule has 0 spiro atoms. The Hall–Kier alpha value is -0.870. The van der Waals surface area contributed by atoms with Crippen LogP contribution in [0.1, 0.15) is 32.1 Å². The fourth-order valence-corrected chi connectivity index (χ4v) is 2.48. The van der Waals surface area contributed by atoms with Crippen molar-refractivity contribution in [2.24, 2.45) is 5.92 Å². The maximum atomic E-state index is 12.1. The zero-order valence-electron chi connectivity index (χ0n) is 10.2. The highest BCUT2D eigenvalue weighted by atomic mass is 16.5. The average molecular weight is 239 g/mol. The van der Waals surface area contributed by atoms with Crippen LogP contribution in [0, 0.1) is 5.92 Å². The van der Waals surface area contributed by atoms with Crippen molar-refractivity contribution in [2.45, 2.75) is 37.6 Å². The van der Waals surface area contributed by atoms with E-state index in [1.807, 2.05) is 0 Å². The maximum absolute atomic E-state index is 12.1. The predicted molar refractivity (Wildman–Crippen MR) is 64.5 cm³/mol. The first kappa shape index (κ1) is 12.6. The zero-order valence-corrected chi connectivity index (χ0v) is 10.2. The van der Waals surface area contributed by atoms with Gasteiger partial charge in [0.1, 0.15) is 0 Å². The molecule has 2 N–H and O–H groups in total. The van der Waals surface area contributed by atoms with Gasteiger partial charge in [0.15, 0.2) is 0 Å². The monoisotopic (exact) mass is 239 g/mol. The number of allylic oxidation sites excluding steroid dienone is 2. The molecular weight excluding hydrogens is 218 g/mol. The molecule has 17 heavy (non-hydrogen) atoms. The molecule has 0 bridgehead atoms. The molecule has 4 nitrogen and oxygen atoms in total. The summed E-state index contributed by atoms with van der Waals surface area (Å²) in [5.74, 6) is 0.163. The van der Waals surface area contributed by atoms with Gasteiger partial charge in [0.25, 0.3) is 0 Å². The lowest BCUT2D eigenvalue weighted by molar-refractivity contribution is -0.129. The Kier molecular flexibility index (Phi) is 4.18. The lowest BCUT2D eigenvalue weighted by atomic mass is 9.88. The summed E-state index contributed by atoms with van der Waals surface area (Å²) in [7, 11) is 0. The first-order chi connectivity index (χ1) is 8.26. The summed E-state index contributed by atoms with van der Waals surface area (Å²) in [6.07, 6.45) is 8.33. The zero-order chi connectivity index (χ0) is 12.1.